The summed E-state index contributed by atoms with van der Waals surface area (Å²) in [6.07, 6.45) is 3.97. The number of carbonyl (C=O) groups excluding carboxylic acids is 1. The molecule has 3 aromatic rings. The van der Waals surface area contributed by atoms with E-state index in [0.29, 0.717) is 17.6 Å². The summed E-state index contributed by atoms with van der Waals surface area (Å²) in [5.41, 5.74) is 3.97. The summed E-state index contributed by atoms with van der Waals surface area (Å²) in [5.74, 6) is 1.98. The van der Waals surface area contributed by atoms with Crippen molar-refractivity contribution in [3.8, 4) is 11.5 Å². The van der Waals surface area contributed by atoms with Crippen molar-refractivity contribution in [3.05, 3.63) is 53.5 Å². The number of nitrogens with zero attached hydrogens (tertiary/aromatic N) is 3. The number of anilines is 1. The van der Waals surface area contributed by atoms with Gasteiger partial charge in [-0.25, -0.2) is 4.98 Å². The quantitative estimate of drug-likeness (QED) is 0.640. The summed E-state index contributed by atoms with van der Waals surface area (Å²) in [6, 6.07) is 9.65. The molecular weight excluding hydrogens is 360 g/mol. The number of rotatable bonds is 6. The van der Waals surface area contributed by atoms with Crippen LogP contribution in [0, 0.1) is 13.8 Å². The van der Waals surface area contributed by atoms with Crippen LogP contribution in [-0.4, -0.2) is 26.8 Å². The number of aromatic nitrogens is 3. The second kappa shape index (κ2) is 7.52. The molecule has 0 bridgehead atoms. The lowest BCUT2D eigenvalue weighted by molar-refractivity contribution is -0.113. The normalized spacial score (nSPS) is 13.6. The molecule has 0 saturated heterocycles. The highest BCUT2D eigenvalue weighted by molar-refractivity contribution is 7.99. The van der Waals surface area contributed by atoms with E-state index in [0.717, 1.165) is 40.5 Å². The van der Waals surface area contributed by atoms with E-state index in [1.165, 1.54) is 17.3 Å². The lowest BCUT2D eigenvalue weighted by atomic mass is 10.1. The van der Waals surface area contributed by atoms with Crippen molar-refractivity contribution in [2.75, 3.05) is 11.1 Å². The third-order valence-electron chi connectivity index (χ3n) is 4.51. The van der Waals surface area contributed by atoms with Crippen LogP contribution >= 0.6 is 11.8 Å². The Labute approximate surface area is 161 Å². The molecule has 6 nitrogen and oxygen atoms in total. The number of benzene rings is 1. The molecule has 1 aliphatic rings. The van der Waals surface area contributed by atoms with Gasteiger partial charge in [-0.3, -0.25) is 4.79 Å². The lowest BCUT2D eigenvalue weighted by Crippen LogP contribution is -2.14. The van der Waals surface area contributed by atoms with Gasteiger partial charge in [-0.1, -0.05) is 23.0 Å². The molecule has 2 aromatic heterocycles. The summed E-state index contributed by atoms with van der Waals surface area (Å²) >= 11 is 1.39. The molecule has 27 heavy (non-hydrogen) atoms. The Hall–Kier alpha value is -2.67. The van der Waals surface area contributed by atoms with E-state index in [9.17, 15) is 4.79 Å². The number of aryl methyl sites for hydroxylation is 2. The van der Waals surface area contributed by atoms with Gasteiger partial charge >= 0.3 is 0 Å². The third-order valence-corrected chi connectivity index (χ3v) is 5.45. The first kappa shape index (κ1) is 17.7. The Morgan fingerprint density at radius 1 is 1.22 bits per heavy atom. The number of carbonyl (C=O) groups is 1. The molecule has 0 unspecified atom stereocenters. The van der Waals surface area contributed by atoms with Gasteiger partial charge in [0.1, 0.15) is 0 Å². The van der Waals surface area contributed by atoms with Gasteiger partial charge in [-0.2, -0.15) is 4.98 Å². The Morgan fingerprint density at radius 3 is 2.78 bits per heavy atom. The summed E-state index contributed by atoms with van der Waals surface area (Å²) in [4.78, 5) is 21.0. The monoisotopic (exact) mass is 380 g/mol. The Kier molecular flexibility index (Phi) is 4.94. The molecule has 0 atom stereocenters. The number of amides is 1. The molecule has 0 aliphatic heterocycles. The van der Waals surface area contributed by atoms with E-state index in [2.05, 4.69) is 20.4 Å². The number of hydrogen-bond donors (Lipinski definition) is 1. The minimum absolute atomic E-state index is 0.0555. The molecule has 1 aliphatic carbocycles. The average molecular weight is 380 g/mol. The first-order chi connectivity index (χ1) is 13.1. The molecule has 1 N–H and O–H groups in total. The number of pyridine rings is 1. The van der Waals surface area contributed by atoms with Crippen molar-refractivity contribution in [1.82, 2.24) is 15.1 Å². The van der Waals surface area contributed by atoms with Gasteiger partial charge in [0.2, 0.25) is 5.91 Å². The van der Waals surface area contributed by atoms with Crippen molar-refractivity contribution in [2.24, 2.45) is 0 Å². The molecule has 0 radical (unpaired) electrons. The summed E-state index contributed by atoms with van der Waals surface area (Å²) < 4.78 is 5.30. The third kappa shape index (κ3) is 4.36. The zero-order chi connectivity index (χ0) is 18.8. The second-order valence-corrected chi connectivity index (χ2v) is 7.75. The molecule has 138 valence electrons. The highest BCUT2D eigenvalue weighted by atomic mass is 32.2. The SMILES string of the molecule is Cc1ccc(NC(=O)CSc2ccc(-c3nc(C4CC4)no3)cn2)cc1C. The van der Waals surface area contributed by atoms with Gasteiger partial charge in [0, 0.05) is 17.8 Å². The zero-order valence-corrected chi connectivity index (χ0v) is 16.0. The predicted octanol–water partition coefficient (Wildman–Crippen LogP) is 4.36. The minimum Gasteiger partial charge on any atom is -0.334 e. The lowest BCUT2D eigenvalue weighted by Gasteiger charge is -2.07. The maximum atomic E-state index is 12.1. The number of thioether (sulfide) groups is 1. The van der Waals surface area contributed by atoms with Crippen LogP contribution in [0.15, 0.2) is 46.1 Å². The van der Waals surface area contributed by atoms with Crippen LogP contribution in [0.25, 0.3) is 11.5 Å². The minimum atomic E-state index is -0.0555. The average Bonchev–Trinajstić information content (AvgIpc) is 3.40. The molecule has 0 spiro atoms. The van der Waals surface area contributed by atoms with E-state index in [4.69, 9.17) is 4.52 Å². The largest absolute Gasteiger partial charge is 0.334 e. The van der Waals surface area contributed by atoms with Crippen LogP contribution in [0.5, 0.6) is 0 Å². The van der Waals surface area contributed by atoms with Gasteiger partial charge in [-0.15, -0.1) is 0 Å². The maximum Gasteiger partial charge on any atom is 0.259 e. The molecule has 7 heteroatoms. The van der Waals surface area contributed by atoms with E-state index in [1.54, 1.807) is 6.20 Å². The molecule has 2 heterocycles. The highest BCUT2D eigenvalue weighted by Gasteiger charge is 2.29. The van der Waals surface area contributed by atoms with E-state index in [-0.39, 0.29) is 5.91 Å². The van der Waals surface area contributed by atoms with Crippen molar-refractivity contribution in [2.45, 2.75) is 37.6 Å². The fourth-order valence-corrected chi connectivity index (χ4v) is 3.25. The molecule has 1 saturated carbocycles. The van der Waals surface area contributed by atoms with Crippen LogP contribution in [-0.2, 0) is 4.79 Å². The molecule has 1 amide bonds. The van der Waals surface area contributed by atoms with E-state index >= 15 is 0 Å². The summed E-state index contributed by atoms with van der Waals surface area (Å²) in [6.45, 7) is 4.08. The molecule has 1 aromatic carbocycles. The first-order valence-corrected chi connectivity index (χ1v) is 9.87. The van der Waals surface area contributed by atoms with Crippen LogP contribution in [0.3, 0.4) is 0 Å². The first-order valence-electron chi connectivity index (χ1n) is 8.88. The fourth-order valence-electron chi connectivity index (χ4n) is 2.61. The Balaban J connectivity index is 1.32. The van der Waals surface area contributed by atoms with Gasteiger partial charge in [0.25, 0.3) is 5.89 Å². The molecule has 1 fully saturated rings. The summed E-state index contributed by atoms with van der Waals surface area (Å²) in [7, 11) is 0. The van der Waals surface area contributed by atoms with E-state index in [1.807, 2.05) is 44.2 Å². The van der Waals surface area contributed by atoms with Crippen LogP contribution in [0.2, 0.25) is 0 Å². The Bertz CT molecular complexity index is 964. The number of hydrogen-bond acceptors (Lipinski definition) is 6. The highest BCUT2D eigenvalue weighted by Crippen LogP contribution is 2.38. The topological polar surface area (TPSA) is 80.9 Å². The van der Waals surface area contributed by atoms with Gasteiger partial charge in [0.05, 0.1) is 16.3 Å². The zero-order valence-electron chi connectivity index (χ0n) is 15.2. The van der Waals surface area contributed by atoms with Crippen LogP contribution < -0.4 is 5.32 Å². The van der Waals surface area contributed by atoms with Crippen molar-refractivity contribution < 1.29 is 9.32 Å². The Morgan fingerprint density at radius 2 is 2.07 bits per heavy atom. The van der Waals surface area contributed by atoms with Crippen molar-refractivity contribution >= 4 is 23.4 Å². The fraction of sp³-hybridized carbons (Fsp3) is 0.300. The van der Waals surface area contributed by atoms with E-state index < -0.39 is 0 Å². The number of nitrogens with one attached hydrogen (secondary N) is 1. The standard InChI is InChI=1S/C20H20N4O2S/c1-12-3-7-16(9-13(12)2)22-17(25)11-27-18-8-6-15(10-21-18)20-23-19(24-26-20)14-4-5-14/h3,6-10,14H,4-5,11H2,1-2H3,(H,22,25). The van der Waals surface area contributed by atoms with Gasteiger partial charge in [-0.05, 0) is 62.1 Å². The van der Waals surface area contributed by atoms with Gasteiger partial charge in [0.15, 0.2) is 5.82 Å². The van der Waals surface area contributed by atoms with Crippen molar-refractivity contribution in [3.63, 3.8) is 0 Å². The maximum absolute atomic E-state index is 12.1. The molecule has 4 rings (SSSR count). The van der Waals surface area contributed by atoms with Crippen molar-refractivity contribution in [1.29, 1.82) is 0 Å². The molecular formula is C20H20N4O2S. The van der Waals surface area contributed by atoms with Crippen LogP contribution in [0.1, 0.15) is 35.7 Å². The van der Waals surface area contributed by atoms with Gasteiger partial charge < -0.3 is 9.84 Å². The second-order valence-electron chi connectivity index (χ2n) is 6.75. The summed E-state index contributed by atoms with van der Waals surface area (Å²) in [5, 5.41) is 7.71. The predicted molar refractivity (Wildman–Crippen MR) is 105 cm³/mol. The van der Waals surface area contributed by atoms with Crippen LogP contribution in [0.4, 0.5) is 5.69 Å². The smallest absolute Gasteiger partial charge is 0.259 e.